The Bertz CT molecular complexity index is 707. The molecule has 7 nitrogen and oxygen atoms in total. The number of sulfonamides is 1. The Hall–Kier alpha value is -1.77. The molecule has 1 amide bonds. The van der Waals surface area contributed by atoms with Crippen molar-refractivity contribution in [3.05, 3.63) is 29.8 Å². The highest BCUT2D eigenvalue weighted by molar-refractivity contribution is 7.88. The molecule has 1 fully saturated rings. The third-order valence-electron chi connectivity index (χ3n) is 4.23. The second-order valence-corrected chi connectivity index (χ2v) is 7.98. The van der Waals surface area contributed by atoms with E-state index in [0.29, 0.717) is 37.4 Å². The Morgan fingerprint density at radius 1 is 1.08 bits per heavy atom. The van der Waals surface area contributed by atoms with Crippen LogP contribution >= 0.6 is 0 Å². The summed E-state index contributed by atoms with van der Waals surface area (Å²) in [6.45, 7) is 5.12. The minimum atomic E-state index is -3.18. The first-order chi connectivity index (χ1) is 11.2. The summed E-state index contributed by atoms with van der Waals surface area (Å²) < 4.78 is 24.5. The van der Waals surface area contributed by atoms with Crippen molar-refractivity contribution in [3.63, 3.8) is 0 Å². The topological polar surface area (TPSA) is 86.8 Å². The Morgan fingerprint density at radius 3 is 2.08 bits per heavy atom. The molecule has 0 bridgehead atoms. The maximum Gasteiger partial charge on any atom is 0.241 e. The maximum atomic E-state index is 12.4. The highest BCUT2D eigenvalue weighted by atomic mass is 32.2. The van der Waals surface area contributed by atoms with E-state index in [4.69, 9.17) is 0 Å². The molecule has 0 aromatic heterocycles. The monoisotopic (exact) mass is 353 g/mol. The molecule has 8 heteroatoms. The molecule has 0 unspecified atom stereocenters. The molecule has 1 aliphatic heterocycles. The highest BCUT2D eigenvalue weighted by Crippen LogP contribution is 2.13. The van der Waals surface area contributed by atoms with Crippen molar-refractivity contribution in [2.45, 2.75) is 19.9 Å². The van der Waals surface area contributed by atoms with Gasteiger partial charge in [0.15, 0.2) is 5.78 Å². The molecular weight excluding hydrogens is 330 g/mol. The van der Waals surface area contributed by atoms with Crippen LogP contribution in [0, 0.1) is 0 Å². The molecule has 0 radical (unpaired) electrons. The molecule has 1 N–H and O–H groups in total. The van der Waals surface area contributed by atoms with E-state index in [1.165, 1.54) is 17.5 Å². The number of benzene rings is 1. The molecule has 1 heterocycles. The van der Waals surface area contributed by atoms with Crippen LogP contribution in [-0.2, 0) is 14.8 Å². The minimum Gasteiger partial charge on any atom is -0.325 e. The van der Waals surface area contributed by atoms with E-state index < -0.39 is 10.0 Å². The van der Waals surface area contributed by atoms with Gasteiger partial charge in [0.05, 0.1) is 12.3 Å². The van der Waals surface area contributed by atoms with Crippen molar-refractivity contribution in [2.24, 2.45) is 0 Å². The van der Waals surface area contributed by atoms with Crippen LogP contribution in [0.3, 0.4) is 0 Å². The van der Waals surface area contributed by atoms with Crippen LogP contribution in [0.15, 0.2) is 24.3 Å². The molecule has 0 aliphatic carbocycles. The van der Waals surface area contributed by atoms with E-state index in [9.17, 15) is 18.0 Å². The van der Waals surface area contributed by atoms with Crippen molar-refractivity contribution < 1.29 is 18.0 Å². The molecule has 1 aromatic rings. The number of carbonyl (C=O) groups is 2. The fraction of sp³-hybridized carbons (Fsp3) is 0.500. The molecule has 0 saturated carbocycles. The molecule has 1 aromatic carbocycles. The first-order valence-electron chi connectivity index (χ1n) is 7.79. The lowest BCUT2D eigenvalue weighted by molar-refractivity contribution is -0.121. The number of carbonyl (C=O) groups excluding carboxylic acids is 2. The van der Waals surface area contributed by atoms with Crippen molar-refractivity contribution in [1.29, 1.82) is 0 Å². The Morgan fingerprint density at radius 2 is 1.62 bits per heavy atom. The van der Waals surface area contributed by atoms with Crippen molar-refractivity contribution >= 4 is 27.4 Å². The molecule has 0 spiro atoms. The van der Waals surface area contributed by atoms with Crippen molar-refractivity contribution in [1.82, 2.24) is 9.21 Å². The number of Topliss-reactive ketones (excluding diaryl/α,β-unsaturated/α-hetero) is 1. The van der Waals surface area contributed by atoms with E-state index in [1.807, 2.05) is 4.90 Å². The van der Waals surface area contributed by atoms with Gasteiger partial charge in [0, 0.05) is 37.4 Å². The van der Waals surface area contributed by atoms with Gasteiger partial charge in [-0.25, -0.2) is 8.42 Å². The van der Waals surface area contributed by atoms with Gasteiger partial charge in [-0.3, -0.25) is 14.5 Å². The first kappa shape index (κ1) is 18.6. The van der Waals surface area contributed by atoms with E-state index in [1.54, 1.807) is 31.2 Å². The van der Waals surface area contributed by atoms with Crippen molar-refractivity contribution in [3.8, 4) is 0 Å². The van der Waals surface area contributed by atoms with Crippen LogP contribution in [-0.4, -0.2) is 67.8 Å². The fourth-order valence-corrected chi connectivity index (χ4v) is 3.45. The second kappa shape index (κ2) is 7.42. The predicted octanol–water partition coefficient (Wildman–Crippen LogP) is 0.793. The fourth-order valence-electron chi connectivity index (χ4n) is 2.62. The van der Waals surface area contributed by atoms with Crippen LogP contribution in [0.4, 0.5) is 5.69 Å². The van der Waals surface area contributed by atoms with Gasteiger partial charge >= 0.3 is 0 Å². The Balaban J connectivity index is 1.92. The van der Waals surface area contributed by atoms with Gasteiger partial charge in [-0.2, -0.15) is 4.31 Å². The quantitative estimate of drug-likeness (QED) is 0.791. The van der Waals surface area contributed by atoms with Crippen LogP contribution in [0.25, 0.3) is 0 Å². The summed E-state index contributed by atoms with van der Waals surface area (Å²) in [4.78, 5) is 25.6. The maximum absolute atomic E-state index is 12.4. The van der Waals surface area contributed by atoms with E-state index in [0.717, 1.165) is 0 Å². The zero-order valence-electron chi connectivity index (χ0n) is 14.2. The van der Waals surface area contributed by atoms with Crippen LogP contribution in [0.1, 0.15) is 24.2 Å². The minimum absolute atomic E-state index is 0.0232. The zero-order chi connectivity index (χ0) is 17.9. The molecule has 1 saturated heterocycles. The Labute approximate surface area is 142 Å². The lowest BCUT2D eigenvalue weighted by Gasteiger charge is -2.36. The number of hydrogen-bond donors (Lipinski definition) is 1. The number of hydrogen-bond acceptors (Lipinski definition) is 5. The number of ketones is 1. The lowest BCUT2D eigenvalue weighted by Crippen LogP contribution is -2.53. The summed E-state index contributed by atoms with van der Waals surface area (Å²) in [5.41, 5.74) is 1.23. The average Bonchev–Trinajstić information content (AvgIpc) is 2.54. The zero-order valence-corrected chi connectivity index (χ0v) is 15.0. The van der Waals surface area contributed by atoms with Gasteiger partial charge in [0.1, 0.15) is 0 Å². The van der Waals surface area contributed by atoms with Crippen LogP contribution in [0.5, 0.6) is 0 Å². The largest absolute Gasteiger partial charge is 0.325 e. The third-order valence-corrected chi connectivity index (χ3v) is 5.53. The number of amides is 1. The molecule has 1 atom stereocenters. The van der Waals surface area contributed by atoms with Crippen LogP contribution < -0.4 is 5.32 Å². The second-order valence-electron chi connectivity index (χ2n) is 6.00. The number of nitrogens with one attached hydrogen (secondary N) is 1. The summed E-state index contributed by atoms with van der Waals surface area (Å²) in [5.74, 6) is -0.177. The standard InChI is InChI=1S/C16H23N3O4S/c1-12(18-8-10-19(11-9-18)24(3,22)23)16(21)17-15-6-4-14(5-7-15)13(2)20/h4-7,12H,8-11H2,1-3H3,(H,17,21)/t12-/m1/s1. The smallest absolute Gasteiger partial charge is 0.241 e. The molecule has 24 heavy (non-hydrogen) atoms. The van der Waals surface area contributed by atoms with E-state index in [-0.39, 0.29) is 17.7 Å². The van der Waals surface area contributed by atoms with Gasteiger partial charge in [0.2, 0.25) is 15.9 Å². The summed E-state index contributed by atoms with van der Waals surface area (Å²) in [6.07, 6.45) is 1.20. The number of nitrogens with zero attached hydrogens (tertiary/aromatic N) is 2. The van der Waals surface area contributed by atoms with Gasteiger partial charge in [-0.05, 0) is 38.1 Å². The van der Waals surface area contributed by atoms with E-state index >= 15 is 0 Å². The van der Waals surface area contributed by atoms with Gasteiger partial charge in [-0.15, -0.1) is 0 Å². The first-order valence-corrected chi connectivity index (χ1v) is 9.64. The van der Waals surface area contributed by atoms with Gasteiger partial charge in [-0.1, -0.05) is 0 Å². The van der Waals surface area contributed by atoms with Gasteiger partial charge in [0.25, 0.3) is 0 Å². The number of anilines is 1. The molecular formula is C16H23N3O4S. The predicted molar refractivity (Wildman–Crippen MR) is 92.5 cm³/mol. The lowest BCUT2D eigenvalue weighted by atomic mass is 10.1. The third kappa shape index (κ3) is 4.62. The summed E-state index contributed by atoms with van der Waals surface area (Å²) in [6, 6.07) is 6.38. The summed E-state index contributed by atoms with van der Waals surface area (Å²) in [7, 11) is -3.18. The SMILES string of the molecule is CC(=O)c1ccc(NC(=O)[C@@H](C)N2CCN(S(C)(=O)=O)CC2)cc1. The molecule has 1 aliphatic rings. The normalized spacial score (nSPS) is 18.1. The average molecular weight is 353 g/mol. The highest BCUT2D eigenvalue weighted by Gasteiger charge is 2.28. The van der Waals surface area contributed by atoms with Gasteiger partial charge < -0.3 is 5.32 Å². The summed E-state index contributed by atoms with van der Waals surface area (Å²) in [5, 5.41) is 2.82. The molecule has 132 valence electrons. The Kier molecular flexibility index (Phi) is 5.74. The number of piperazine rings is 1. The van der Waals surface area contributed by atoms with Crippen molar-refractivity contribution in [2.75, 3.05) is 37.8 Å². The number of rotatable bonds is 5. The summed E-state index contributed by atoms with van der Waals surface area (Å²) >= 11 is 0. The van der Waals surface area contributed by atoms with E-state index in [2.05, 4.69) is 5.32 Å². The molecule has 2 rings (SSSR count). The van der Waals surface area contributed by atoms with Crippen LogP contribution in [0.2, 0.25) is 0 Å².